The first-order valence-corrected chi connectivity index (χ1v) is 6.13. The number of ether oxygens (including phenoxy) is 1. The second-order valence-corrected chi connectivity index (χ2v) is 4.31. The molecular formula is C14H22O3. The van der Waals surface area contributed by atoms with Crippen molar-refractivity contribution >= 4 is 0 Å². The number of aliphatic hydroxyl groups is 2. The lowest BCUT2D eigenvalue weighted by Gasteiger charge is -2.32. The molecule has 0 radical (unpaired) electrons. The zero-order valence-electron chi connectivity index (χ0n) is 10.8. The van der Waals surface area contributed by atoms with Crippen molar-refractivity contribution in [3.05, 3.63) is 29.8 Å². The van der Waals surface area contributed by atoms with E-state index in [2.05, 4.69) is 0 Å². The molecule has 17 heavy (non-hydrogen) atoms. The molecule has 0 aliphatic rings. The Morgan fingerprint density at radius 1 is 1.24 bits per heavy atom. The van der Waals surface area contributed by atoms with E-state index in [9.17, 15) is 10.2 Å². The Hall–Kier alpha value is -1.06. The molecule has 2 N–H and O–H groups in total. The Balaban J connectivity index is 2.98. The first kappa shape index (κ1) is 14.0. The van der Waals surface area contributed by atoms with Crippen LogP contribution in [0.4, 0.5) is 0 Å². The van der Waals surface area contributed by atoms with Gasteiger partial charge >= 0.3 is 0 Å². The van der Waals surface area contributed by atoms with Crippen molar-refractivity contribution < 1.29 is 14.9 Å². The van der Waals surface area contributed by atoms with Gasteiger partial charge in [0.05, 0.1) is 13.2 Å². The summed E-state index contributed by atoms with van der Waals surface area (Å²) < 4.78 is 5.08. The van der Waals surface area contributed by atoms with Crippen LogP contribution in [-0.4, -0.2) is 23.4 Å². The normalized spacial score (nSPS) is 16.3. The minimum absolute atomic E-state index is 0.487. The van der Waals surface area contributed by atoms with Crippen molar-refractivity contribution in [1.29, 1.82) is 0 Å². The molecule has 0 saturated heterocycles. The maximum atomic E-state index is 10.6. The van der Waals surface area contributed by atoms with Gasteiger partial charge in [-0.3, -0.25) is 0 Å². The molecule has 0 bridgehead atoms. The molecular weight excluding hydrogens is 216 g/mol. The number of hydrogen-bond acceptors (Lipinski definition) is 3. The molecule has 0 fully saturated rings. The molecule has 0 unspecified atom stereocenters. The highest BCUT2D eigenvalue weighted by Gasteiger charge is 2.34. The SMILES string of the molecule is CCC[C@H](O)[C@](O)(CC)c1ccc(OC)cc1. The van der Waals surface area contributed by atoms with E-state index < -0.39 is 11.7 Å². The van der Waals surface area contributed by atoms with E-state index in [-0.39, 0.29) is 0 Å². The minimum atomic E-state index is -1.16. The van der Waals surface area contributed by atoms with Crippen LogP contribution >= 0.6 is 0 Å². The van der Waals surface area contributed by atoms with Gasteiger partial charge in [0.2, 0.25) is 0 Å². The summed E-state index contributed by atoms with van der Waals surface area (Å²) in [5, 5.41) is 20.6. The van der Waals surface area contributed by atoms with Gasteiger partial charge < -0.3 is 14.9 Å². The Kier molecular flexibility index (Phi) is 4.97. The lowest BCUT2D eigenvalue weighted by atomic mass is 9.84. The standard InChI is InChI=1S/C14H22O3/c1-4-6-13(15)14(16,5-2)11-7-9-12(17-3)10-8-11/h7-10,13,15-16H,4-6H2,1-3H3/t13-,14-/m0/s1. The van der Waals surface area contributed by atoms with Crippen molar-refractivity contribution in [2.24, 2.45) is 0 Å². The van der Waals surface area contributed by atoms with Crippen molar-refractivity contribution in [1.82, 2.24) is 0 Å². The van der Waals surface area contributed by atoms with Crippen LogP contribution in [-0.2, 0) is 5.60 Å². The van der Waals surface area contributed by atoms with E-state index in [0.717, 1.165) is 17.7 Å². The third kappa shape index (κ3) is 2.99. The van der Waals surface area contributed by atoms with E-state index in [4.69, 9.17) is 4.74 Å². The maximum absolute atomic E-state index is 10.6. The van der Waals surface area contributed by atoms with E-state index in [0.29, 0.717) is 12.8 Å². The highest BCUT2D eigenvalue weighted by Crippen LogP contribution is 2.32. The van der Waals surface area contributed by atoms with E-state index in [1.807, 2.05) is 13.8 Å². The second-order valence-electron chi connectivity index (χ2n) is 4.31. The second kappa shape index (κ2) is 6.03. The van der Waals surface area contributed by atoms with Gasteiger partial charge in [0, 0.05) is 0 Å². The molecule has 96 valence electrons. The van der Waals surface area contributed by atoms with Gasteiger partial charge in [0.25, 0.3) is 0 Å². The highest BCUT2D eigenvalue weighted by atomic mass is 16.5. The van der Waals surface area contributed by atoms with Crippen LogP contribution in [0.25, 0.3) is 0 Å². The van der Waals surface area contributed by atoms with Crippen LogP contribution in [0.15, 0.2) is 24.3 Å². The number of methoxy groups -OCH3 is 1. The Morgan fingerprint density at radius 3 is 2.24 bits per heavy atom. The lowest BCUT2D eigenvalue weighted by Crippen LogP contribution is -2.38. The van der Waals surface area contributed by atoms with E-state index in [1.54, 1.807) is 31.4 Å². The molecule has 0 aliphatic carbocycles. The van der Waals surface area contributed by atoms with Gasteiger partial charge in [-0.15, -0.1) is 0 Å². The summed E-state index contributed by atoms with van der Waals surface area (Å²) in [5.74, 6) is 0.747. The van der Waals surface area contributed by atoms with Gasteiger partial charge in [-0.2, -0.15) is 0 Å². The topological polar surface area (TPSA) is 49.7 Å². The smallest absolute Gasteiger partial charge is 0.118 e. The Morgan fingerprint density at radius 2 is 1.82 bits per heavy atom. The fourth-order valence-electron chi connectivity index (χ4n) is 2.02. The first-order chi connectivity index (χ1) is 8.08. The third-order valence-electron chi connectivity index (χ3n) is 3.24. The third-order valence-corrected chi connectivity index (χ3v) is 3.24. The molecule has 1 aromatic carbocycles. The van der Waals surface area contributed by atoms with Crippen molar-refractivity contribution in [2.75, 3.05) is 7.11 Å². The Bertz CT molecular complexity index is 334. The molecule has 0 aromatic heterocycles. The van der Waals surface area contributed by atoms with Crippen LogP contribution in [0.1, 0.15) is 38.7 Å². The summed E-state index contributed by atoms with van der Waals surface area (Å²) in [6, 6.07) is 7.21. The van der Waals surface area contributed by atoms with Crippen molar-refractivity contribution in [2.45, 2.75) is 44.8 Å². The average molecular weight is 238 g/mol. The zero-order valence-corrected chi connectivity index (χ0v) is 10.8. The molecule has 3 heteroatoms. The van der Waals surface area contributed by atoms with Crippen LogP contribution in [0.5, 0.6) is 5.75 Å². The number of aliphatic hydroxyl groups excluding tert-OH is 1. The monoisotopic (exact) mass is 238 g/mol. The molecule has 0 saturated carbocycles. The predicted octanol–water partition coefficient (Wildman–Crippen LogP) is 2.45. The number of benzene rings is 1. The summed E-state index contributed by atoms with van der Waals surface area (Å²) in [6.07, 6.45) is 1.20. The minimum Gasteiger partial charge on any atom is -0.497 e. The quantitative estimate of drug-likeness (QED) is 0.800. The zero-order chi connectivity index (χ0) is 12.9. The maximum Gasteiger partial charge on any atom is 0.118 e. The molecule has 0 spiro atoms. The largest absolute Gasteiger partial charge is 0.497 e. The van der Waals surface area contributed by atoms with Crippen LogP contribution in [0, 0.1) is 0 Å². The molecule has 3 nitrogen and oxygen atoms in total. The first-order valence-electron chi connectivity index (χ1n) is 6.13. The van der Waals surface area contributed by atoms with E-state index >= 15 is 0 Å². The summed E-state index contributed by atoms with van der Waals surface area (Å²) in [5.41, 5.74) is -0.427. The molecule has 1 aromatic rings. The van der Waals surface area contributed by atoms with Crippen LogP contribution in [0.2, 0.25) is 0 Å². The summed E-state index contributed by atoms with van der Waals surface area (Å²) in [4.78, 5) is 0. The molecule has 2 atom stereocenters. The van der Waals surface area contributed by atoms with Crippen LogP contribution in [0.3, 0.4) is 0 Å². The average Bonchev–Trinajstić information content (AvgIpc) is 2.38. The van der Waals surface area contributed by atoms with Gasteiger partial charge in [-0.1, -0.05) is 32.4 Å². The van der Waals surface area contributed by atoms with Crippen molar-refractivity contribution in [3.8, 4) is 5.75 Å². The number of rotatable bonds is 6. The fraction of sp³-hybridized carbons (Fsp3) is 0.571. The summed E-state index contributed by atoms with van der Waals surface area (Å²) >= 11 is 0. The van der Waals surface area contributed by atoms with Crippen LogP contribution < -0.4 is 4.74 Å². The molecule has 0 aliphatic heterocycles. The predicted molar refractivity (Wildman–Crippen MR) is 68.1 cm³/mol. The molecule has 0 amide bonds. The van der Waals surface area contributed by atoms with Gasteiger partial charge in [-0.05, 0) is 30.5 Å². The lowest BCUT2D eigenvalue weighted by molar-refractivity contribution is -0.0866. The summed E-state index contributed by atoms with van der Waals surface area (Å²) in [7, 11) is 1.60. The van der Waals surface area contributed by atoms with Crippen molar-refractivity contribution in [3.63, 3.8) is 0 Å². The molecule has 0 heterocycles. The van der Waals surface area contributed by atoms with Gasteiger partial charge in [0.15, 0.2) is 0 Å². The molecule has 1 rings (SSSR count). The van der Waals surface area contributed by atoms with E-state index in [1.165, 1.54) is 0 Å². The Labute approximate surface area is 103 Å². The number of hydrogen-bond donors (Lipinski definition) is 2. The summed E-state index contributed by atoms with van der Waals surface area (Å²) in [6.45, 7) is 3.87. The highest BCUT2D eigenvalue weighted by molar-refractivity contribution is 5.31. The fourth-order valence-corrected chi connectivity index (χ4v) is 2.02. The van der Waals surface area contributed by atoms with Gasteiger partial charge in [-0.25, -0.2) is 0 Å². The van der Waals surface area contributed by atoms with Gasteiger partial charge in [0.1, 0.15) is 11.4 Å².